The van der Waals surface area contributed by atoms with Crippen molar-refractivity contribution in [3.63, 3.8) is 0 Å². The number of aryl methyl sites for hydroxylation is 2. The molecule has 0 saturated carbocycles. The Bertz CT molecular complexity index is 620. The van der Waals surface area contributed by atoms with Crippen molar-refractivity contribution >= 4 is 17.6 Å². The molecule has 5 nitrogen and oxygen atoms in total. The van der Waals surface area contributed by atoms with Gasteiger partial charge in [0.2, 0.25) is 0 Å². The van der Waals surface area contributed by atoms with Crippen LogP contribution in [0.1, 0.15) is 17.0 Å². The second kappa shape index (κ2) is 5.96. The number of ether oxygens (including phenoxy) is 1. The molecule has 0 aliphatic rings. The van der Waals surface area contributed by atoms with Gasteiger partial charge in [-0.25, -0.2) is 0 Å². The van der Waals surface area contributed by atoms with Gasteiger partial charge in [0.25, 0.3) is 0 Å². The summed E-state index contributed by atoms with van der Waals surface area (Å²) in [6, 6.07) is 6.96. The third-order valence-electron chi connectivity index (χ3n) is 2.92. The summed E-state index contributed by atoms with van der Waals surface area (Å²) in [6.45, 7) is 2.15. The van der Waals surface area contributed by atoms with E-state index in [1.165, 1.54) is 0 Å². The van der Waals surface area contributed by atoms with Crippen molar-refractivity contribution in [2.24, 2.45) is 7.05 Å². The zero-order valence-electron chi connectivity index (χ0n) is 11.3. The highest BCUT2D eigenvalue weighted by molar-refractivity contribution is 6.31. The summed E-state index contributed by atoms with van der Waals surface area (Å²) in [4.78, 5) is 10.6. The van der Waals surface area contributed by atoms with Crippen LogP contribution in [-0.2, 0) is 24.9 Å². The fourth-order valence-corrected chi connectivity index (χ4v) is 2.08. The molecule has 1 aromatic carbocycles. The van der Waals surface area contributed by atoms with Crippen molar-refractivity contribution in [2.75, 3.05) is 0 Å². The lowest BCUT2D eigenvalue weighted by molar-refractivity contribution is -0.136. The molecule has 0 saturated heterocycles. The van der Waals surface area contributed by atoms with Gasteiger partial charge in [-0.05, 0) is 24.6 Å². The van der Waals surface area contributed by atoms with Crippen molar-refractivity contribution in [3.8, 4) is 5.75 Å². The van der Waals surface area contributed by atoms with Crippen LogP contribution >= 0.6 is 11.6 Å². The minimum Gasteiger partial charge on any atom is -0.487 e. The zero-order valence-corrected chi connectivity index (χ0v) is 12.0. The molecular formula is C14H15ClN2O3. The van der Waals surface area contributed by atoms with Gasteiger partial charge in [0, 0.05) is 7.05 Å². The number of aliphatic carboxylic acids is 1. The van der Waals surface area contributed by atoms with E-state index in [9.17, 15) is 4.79 Å². The third-order valence-corrected chi connectivity index (χ3v) is 3.41. The number of rotatable bonds is 5. The highest BCUT2D eigenvalue weighted by atomic mass is 35.5. The van der Waals surface area contributed by atoms with Crippen LogP contribution in [0.5, 0.6) is 5.75 Å². The van der Waals surface area contributed by atoms with Gasteiger partial charge in [-0.15, -0.1) is 0 Å². The van der Waals surface area contributed by atoms with Crippen LogP contribution in [0.4, 0.5) is 0 Å². The van der Waals surface area contributed by atoms with Crippen LogP contribution in [0.3, 0.4) is 0 Å². The summed E-state index contributed by atoms with van der Waals surface area (Å²) in [6.07, 6.45) is 0.00698. The van der Waals surface area contributed by atoms with Crippen LogP contribution in [0, 0.1) is 6.92 Å². The molecule has 0 aliphatic carbocycles. The maximum Gasteiger partial charge on any atom is 0.307 e. The Hall–Kier alpha value is -2.01. The minimum absolute atomic E-state index is 0.00698. The Morgan fingerprint density at radius 1 is 1.40 bits per heavy atom. The van der Waals surface area contributed by atoms with Crippen LogP contribution < -0.4 is 4.74 Å². The molecule has 0 spiro atoms. The first-order chi connectivity index (χ1) is 9.47. The van der Waals surface area contributed by atoms with E-state index in [0.29, 0.717) is 17.4 Å². The number of aromatic nitrogens is 2. The van der Waals surface area contributed by atoms with E-state index in [4.69, 9.17) is 21.4 Å². The molecule has 0 radical (unpaired) electrons. The van der Waals surface area contributed by atoms with E-state index in [0.717, 1.165) is 17.0 Å². The first kappa shape index (κ1) is 14.4. The van der Waals surface area contributed by atoms with Crippen LogP contribution in [0.2, 0.25) is 5.02 Å². The molecule has 0 unspecified atom stereocenters. The Morgan fingerprint density at radius 3 is 2.55 bits per heavy atom. The van der Waals surface area contributed by atoms with E-state index in [1.54, 1.807) is 28.9 Å². The predicted octanol–water partition coefficient (Wildman–Crippen LogP) is 2.59. The maximum absolute atomic E-state index is 10.6. The van der Waals surface area contributed by atoms with E-state index >= 15 is 0 Å². The lowest BCUT2D eigenvalue weighted by Gasteiger charge is -2.07. The van der Waals surface area contributed by atoms with Crippen molar-refractivity contribution in [1.29, 1.82) is 0 Å². The summed E-state index contributed by atoms with van der Waals surface area (Å²) in [7, 11) is 1.81. The molecule has 1 heterocycles. The molecule has 0 amide bonds. The highest BCUT2D eigenvalue weighted by Crippen LogP contribution is 2.21. The van der Waals surface area contributed by atoms with Gasteiger partial charge in [-0.1, -0.05) is 23.7 Å². The molecule has 0 fully saturated rings. The topological polar surface area (TPSA) is 64.4 Å². The third kappa shape index (κ3) is 3.30. The van der Waals surface area contributed by atoms with Gasteiger partial charge in [-0.3, -0.25) is 9.48 Å². The minimum atomic E-state index is -0.851. The molecule has 1 N–H and O–H groups in total. The van der Waals surface area contributed by atoms with E-state index < -0.39 is 5.97 Å². The van der Waals surface area contributed by atoms with Crippen LogP contribution in [0.15, 0.2) is 24.3 Å². The van der Waals surface area contributed by atoms with Crippen molar-refractivity contribution in [1.82, 2.24) is 9.78 Å². The first-order valence-corrected chi connectivity index (χ1v) is 6.46. The Morgan fingerprint density at radius 2 is 2.05 bits per heavy atom. The Kier molecular flexibility index (Phi) is 4.29. The molecule has 0 aliphatic heterocycles. The molecule has 0 bridgehead atoms. The fraction of sp³-hybridized carbons (Fsp3) is 0.286. The summed E-state index contributed by atoms with van der Waals surface area (Å²) >= 11 is 6.13. The summed E-state index contributed by atoms with van der Waals surface area (Å²) in [5.74, 6) is -0.190. The standard InChI is InChI=1S/C14H15ClN2O3/c1-9-14(15)12(17(2)16-9)8-20-11-5-3-10(4-6-11)7-13(18)19/h3-6H,7-8H2,1-2H3,(H,18,19). The molecular weight excluding hydrogens is 280 g/mol. The van der Waals surface area contributed by atoms with Gasteiger partial charge >= 0.3 is 5.97 Å². The summed E-state index contributed by atoms with van der Waals surface area (Å²) in [5.41, 5.74) is 2.31. The van der Waals surface area contributed by atoms with Crippen molar-refractivity contribution in [3.05, 3.63) is 46.2 Å². The highest BCUT2D eigenvalue weighted by Gasteiger charge is 2.11. The van der Waals surface area contributed by atoms with Crippen molar-refractivity contribution < 1.29 is 14.6 Å². The number of halogens is 1. The van der Waals surface area contributed by atoms with Gasteiger partial charge in [-0.2, -0.15) is 5.10 Å². The summed E-state index contributed by atoms with van der Waals surface area (Å²) < 4.78 is 7.33. The molecule has 2 aromatic rings. The van der Waals surface area contributed by atoms with Crippen molar-refractivity contribution in [2.45, 2.75) is 20.0 Å². The number of carboxylic acids is 1. The average molecular weight is 295 g/mol. The van der Waals surface area contributed by atoms with Gasteiger partial charge in [0.05, 0.1) is 22.8 Å². The van der Waals surface area contributed by atoms with Gasteiger partial charge in [0.15, 0.2) is 0 Å². The second-order valence-electron chi connectivity index (χ2n) is 4.47. The normalized spacial score (nSPS) is 10.6. The fourth-order valence-electron chi connectivity index (χ4n) is 1.87. The predicted molar refractivity (Wildman–Crippen MR) is 75.1 cm³/mol. The van der Waals surface area contributed by atoms with Crippen LogP contribution in [0.25, 0.3) is 0 Å². The Balaban J connectivity index is 2.02. The SMILES string of the molecule is Cc1nn(C)c(COc2ccc(CC(=O)O)cc2)c1Cl. The lowest BCUT2D eigenvalue weighted by atomic mass is 10.1. The lowest BCUT2D eigenvalue weighted by Crippen LogP contribution is -2.04. The summed E-state index contributed by atoms with van der Waals surface area (Å²) in [5, 5.41) is 13.5. The Labute approximate surface area is 121 Å². The monoisotopic (exact) mass is 294 g/mol. The molecule has 0 atom stereocenters. The second-order valence-corrected chi connectivity index (χ2v) is 4.85. The molecule has 2 rings (SSSR count). The number of carbonyl (C=O) groups is 1. The van der Waals surface area contributed by atoms with E-state index in [1.807, 2.05) is 14.0 Å². The van der Waals surface area contributed by atoms with E-state index in [-0.39, 0.29) is 6.42 Å². The van der Waals surface area contributed by atoms with E-state index in [2.05, 4.69) is 5.10 Å². The van der Waals surface area contributed by atoms with Gasteiger partial charge in [0.1, 0.15) is 12.4 Å². The van der Waals surface area contributed by atoms with Crippen LogP contribution in [-0.4, -0.2) is 20.9 Å². The smallest absolute Gasteiger partial charge is 0.307 e. The number of benzene rings is 1. The number of hydrogen-bond donors (Lipinski definition) is 1. The quantitative estimate of drug-likeness (QED) is 0.920. The largest absolute Gasteiger partial charge is 0.487 e. The number of nitrogens with zero attached hydrogens (tertiary/aromatic N) is 2. The molecule has 20 heavy (non-hydrogen) atoms. The number of hydrogen-bond acceptors (Lipinski definition) is 3. The number of carboxylic acid groups (broad SMARTS) is 1. The average Bonchev–Trinajstić information content (AvgIpc) is 2.62. The zero-order chi connectivity index (χ0) is 14.7. The first-order valence-electron chi connectivity index (χ1n) is 6.09. The molecule has 106 valence electrons. The molecule has 1 aromatic heterocycles. The van der Waals surface area contributed by atoms with Gasteiger partial charge < -0.3 is 9.84 Å². The molecule has 6 heteroatoms. The maximum atomic E-state index is 10.6.